The van der Waals surface area contributed by atoms with E-state index in [-0.39, 0.29) is 18.4 Å². The van der Waals surface area contributed by atoms with Gasteiger partial charge < -0.3 is 14.4 Å². The Hall–Kier alpha value is -2.14. The van der Waals surface area contributed by atoms with Gasteiger partial charge in [-0.3, -0.25) is 4.79 Å². The standard InChI is InChI=1S/C18H22N2O3/c1-12-8-14(11-21)10-20(9-12)18(22)16-13(2)19-17(23-16)15-6-4-3-5-7-15/h3-7,12,14,21H,8-11H2,1-2H3/t12-,14-/m1/s1. The molecule has 0 unspecified atom stereocenters. The minimum Gasteiger partial charge on any atom is -0.431 e. The molecule has 1 aliphatic rings. The fourth-order valence-electron chi connectivity index (χ4n) is 3.22. The smallest absolute Gasteiger partial charge is 0.291 e. The maximum atomic E-state index is 12.8. The third-order valence-electron chi connectivity index (χ3n) is 4.30. The molecule has 122 valence electrons. The molecule has 23 heavy (non-hydrogen) atoms. The number of carbonyl (C=O) groups is 1. The van der Waals surface area contributed by atoms with Crippen molar-refractivity contribution < 1.29 is 14.3 Å². The van der Waals surface area contributed by atoms with Crippen LogP contribution in [0, 0.1) is 18.8 Å². The van der Waals surface area contributed by atoms with Crippen LogP contribution in [0.3, 0.4) is 0 Å². The topological polar surface area (TPSA) is 66.6 Å². The summed E-state index contributed by atoms with van der Waals surface area (Å²) in [5.41, 5.74) is 1.46. The van der Waals surface area contributed by atoms with Crippen LogP contribution in [-0.4, -0.2) is 40.6 Å². The number of hydrogen-bond donors (Lipinski definition) is 1. The molecule has 1 N–H and O–H groups in total. The SMILES string of the molecule is Cc1nc(-c2ccccc2)oc1C(=O)N1C[C@H](C)C[C@@H](CO)C1. The van der Waals surface area contributed by atoms with Gasteiger partial charge in [0.2, 0.25) is 11.7 Å². The van der Waals surface area contributed by atoms with Crippen LogP contribution in [0.4, 0.5) is 0 Å². The first-order chi connectivity index (χ1) is 11.1. The molecule has 1 aromatic carbocycles. The molecule has 2 aromatic rings. The highest BCUT2D eigenvalue weighted by atomic mass is 16.4. The Labute approximate surface area is 135 Å². The zero-order valence-electron chi connectivity index (χ0n) is 13.5. The molecule has 1 aromatic heterocycles. The van der Waals surface area contributed by atoms with Crippen LogP contribution in [-0.2, 0) is 0 Å². The Bertz CT molecular complexity index is 681. The van der Waals surface area contributed by atoms with Crippen molar-refractivity contribution in [3.63, 3.8) is 0 Å². The Morgan fingerprint density at radius 1 is 1.35 bits per heavy atom. The zero-order chi connectivity index (χ0) is 16.4. The lowest BCUT2D eigenvalue weighted by Gasteiger charge is -2.35. The summed E-state index contributed by atoms with van der Waals surface area (Å²) in [6, 6.07) is 9.56. The van der Waals surface area contributed by atoms with Crippen LogP contribution < -0.4 is 0 Å². The molecule has 2 atom stereocenters. The molecule has 5 heteroatoms. The molecule has 2 heterocycles. The Morgan fingerprint density at radius 3 is 2.78 bits per heavy atom. The first kappa shape index (κ1) is 15.7. The van der Waals surface area contributed by atoms with E-state index < -0.39 is 0 Å². The number of likely N-dealkylation sites (tertiary alicyclic amines) is 1. The van der Waals surface area contributed by atoms with E-state index in [1.807, 2.05) is 30.3 Å². The quantitative estimate of drug-likeness (QED) is 0.946. The molecule has 0 saturated carbocycles. The number of aromatic nitrogens is 1. The molecule has 0 aliphatic carbocycles. The molecule has 0 spiro atoms. The summed E-state index contributed by atoms with van der Waals surface area (Å²) >= 11 is 0. The lowest BCUT2D eigenvalue weighted by Crippen LogP contribution is -2.44. The van der Waals surface area contributed by atoms with E-state index in [0.29, 0.717) is 36.4 Å². The summed E-state index contributed by atoms with van der Waals surface area (Å²) in [5, 5.41) is 9.41. The van der Waals surface area contributed by atoms with E-state index in [2.05, 4.69) is 11.9 Å². The van der Waals surface area contributed by atoms with Gasteiger partial charge in [-0.1, -0.05) is 25.1 Å². The van der Waals surface area contributed by atoms with Crippen molar-refractivity contribution in [1.29, 1.82) is 0 Å². The number of nitrogens with zero attached hydrogens (tertiary/aromatic N) is 2. The second kappa shape index (κ2) is 6.54. The van der Waals surface area contributed by atoms with Crippen molar-refractivity contribution in [3.8, 4) is 11.5 Å². The molecule has 0 radical (unpaired) electrons. The van der Waals surface area contributed by atoms with Crippen molar-refractivity contribution in [3.05, 3.63) is 41.8 Å². The highest BCUT2D eigenvalue weighted by Crippen LogP contribution is 2.26. The highest BCUT2D eigenvalue weighted by molar-refractivity contribution is 5.93. The fraction of sp³-hybridized carbons (Fsp3) is 0.444. The maximum Gasteiger partial charge on any atom is 0.291 e. The van der Waals surface area contributed by atoms with E-state index in [0.717, 1.165) is 12.0 Å². The van der Waals surface area contributed by atoms with E-state index in [9.17, 15) is 9.90 Å². The summed E-state index contributed by atoms with van der Waals surface area (Å²) in [7, 11) is 0. The van der Waals surface area contributed by atoms with Gasteiger partial charge in [0.25, 0.3) is 5.91 Å². The second-order valence-electron chi connectivity index (χ2n) is 6.40. The average Bonchev–Trinajstić information content (AvgIpc) is 2.96. The van der Waals surface area contributed by atoms with E-state index >= 15 is 0 Å². The average molecular weight is 314 g/mol. The summed E-state index contributed by atoms with van der Waals surface area (Å²) in [6.45, 7) is 5.26. The monoisotopic (exact) mass is 314 g/mol. The number of piperidine rings is 1. The number of hydrogen-bond acceptors (Lipinski definition) is 4. The normalized spacial score (nSPS) is 21.4. The van der Waals surface area contributed by atoms with Crippen LogP contribution in [0.15, 0.2) is 34.7 Å². The third-order valence-corrected chi connectivity index (χ3v) is 4.30. The molecule has 3 rings (SSSR count). The van der Waals surface area contributed by atoms with Crippen molar-refractivity contribution in [2.24, 2.45) is 11.8 Å². The first-order valence-corrected chi connectivity index (χ1v) is 8.01. The van der Waals surface area contributed by atoms with Gasteiger partial charge in [-0.2, -0.15) is 0 Å². The highest BCUT2D eigenvalue weighted by Gasteiger charge is 2.31. The van der Waals surface area contributed by atoms with E-state index in [1.54, 1.807) is 11.8 Å². The van der Waals surface area contributed by atoms with Crippen LogP contribution in [0.25, 0.3) is 11.5 Å². The minimum absolute atomic E-state index is 0.110. The zero-order valence-corrected chi connectivity index (χ0v) is 13.5. The van der Waals surface area contributed by atoms with Gasteiger partial charge in [0, 0.05) is 25.3 Å². The molecule has 1 amide bonds. The molecule has 1 aliphatic heterocycles. The Morgan fingerprint density at radius 2 is 2.09 bits per heavy atom. The third kappa shape index (κ3) is 3.29. The Balaban J connectivity index is 1.84. The van der Waals surface area contributed by atoms with Crippen LogP contribution in [0.5, 0.6) is 0 Å². The van der Waals surface area contributed by atoms with Gasteiger partial charge in [0.15, 0.2) is 0 Å². The fourth-order valence-corrected chi connectivity index (χ4v) is 3.22. The lowest BCUT2D eigenvalue weighted by atomic mass is 9.91. The number of aliphatic hydroxyl groups excluding tert-OH is 1. The predicted molar refractivity (Wildman–Crippen MR) is 86.9 cm³/mol. The number of amides is 1. The van der Waals surface area contributed by atoms with Gasteiger partial charge in [-0.15, -0.1) is 0 Å². The van der Waals surface area contributed by atoms with Gasteiger partial charge >= 0.3 is 0 Å². The summed E-state index contributed by atoms with van der Waals surface area (Å²) < 4.78 is 5.75. The van der Waals surface area contributed by atoms with Gasteiger partial charge in [0.1, 0.15) is 0 Å². The largest absolute Gasteiger partial charge is 0.431 e. The Kier molecular flexibility index (Phi) is 4.48. The molecule has 0 bridgehead atoms. The van der Waals surface area contributed by atoms with Crippen molar-refractivity contribution >= 4 is 5.91 Å². The number of oxazole rings is 1. The minimum atomic E-state index is -0.137. The van der Waals surface area contributed by atoms with Gasteiger partial charge in [0.05, 0.1) is 5.69 Å². The number of benzene rings is 1. The number of rotatable bonds is 3. The van der Waals surface area contributed by atoms with Crippen molar-refractivity contribution in [1.82, 2.24) is 9.88 Å². The van der Waals surface area contributed by atoms with Crippen molar-refractivity contribution in [2.45, 2.75) is 20.3 Å². The lowest BCUT2D eigenvalue weighted by molar-refractivity contribution is 0.0504. The van der Waals surface area contributed by atoms with Gasteiger partial charge in [-0.25, -0.2) is 4.98 Å². The summed E-state index contributed by atoms with van der Waals surface area (Å²) in [5.74, 6) is 1.15. The van der Waals surface area contributed by atoms with Crippen LogP contribution in [0.2, 0.25) is 0 Å². The van der Waals surface area contributed by atoms with Crippen LogP contribution >= 0.6 is 0 Å². The second-order valence-corrected chi connectivity index (χ2v) is 6.40. The maximum absolute atomic E-state index is 12.8. The molecular weight excluding hydrogens is 292 g/mol. The summed E-state index contributed by atoms with van der Waals surface area (Å²) in [4.78, 5) is 18.9. The predicted octanol–water partition coefficient (Wildman–Crippen LogP) is 2.74. The van der Waals surface area contributed by atoms with Gasteiger partial charge in [-0.05, 0) is 37.3 Å². The summed E-state index contributed by atoms with van der Waals surface area (Å²) in [6.07, 6.45) is 0.949. The van der Waals surface area contributed by atoms with Crippen molar-refractivity contribution in [2.75, 3.05) is 19.7 Å². The molecule has 1 saturated heterocycles. The first-order valence-electron chi connectivity index (χ1n) is 8.01. The van der Waals surface area contributed by atoms with Crippen LogP contribution in [0.1, 0.15) is 29.6 Å². The van der Waals surface area contributed by atoms with E-state index in [1.165, 1.54) is 0 Å². The molecule has 5 nitrogen and oxygen atoms in total. The molecular formula is C18H22N2O3. The molecule has 1 fully saturated rings. The number of carbonyl (C=O) groups excluding carboxylic acids is 1. The number of aryl methyl sites for hydroxylation is 1. The van der Waals surface area contributed by atoms with E-state index in [4.69, 9.17) is 4.42 Å². The number of aliphatic hydroxyl groups is 1.